The highest BCUT2D eigenvalue weighted by Gasteiger charge is 2.31. The standard InChI is InChI=1S/C13H17F2NO3S/c1-2-10-7-20(17,18)8-12(16-10)9-4-3-5-11(6-9)19-13(14)15/h3-6,10,12-13,16H,2,7-8H2,1H3. The van der Waals surface area contributed by atoms with E-state index in [0.717, 1.165) is 0 Å². The van der Waals surface area contributed by atoms with Gasteiger partial charge in [0, 0.05) is 12.1 Å². The maximum atomic E-state index is 12.2. The second-order valence-electron chi connectivity index (χ2n) is 4.85. The molecule has 1 N–H and O–H groups in total. The summed E-state index contributed by atoms with van der Waals surface area (Å²) in [5.41, 5.74) is 0.643. The highest BCUT2D eigenvalue weighted by Crippen LogP contribution is 2.25. The van der Waals surface area contributed by atoms with Gasteiger partial charge in [-0.3, -0.25) is 0 Å². The molecule has 1 saturated heterocycles. The number of alkyl halides is 2. The Morgan fingerprint density at radius 2 is 2.15 bits per heavy atom. The maximum Gasteiger partial charge on any atom is 0.387 e. The first-order valence-electron chi connectivity index (χ1n) is 6.41. The van der Waals surface area contributed by atoms with E-state index in [9.17, 15) is 17.2 Å². The summed E-state index contributed by atoms with van der Waals surface area (Å²) in [7, 11) is -3.13. The van der Waals surface area contributed by atoms with E-state index in [2.05, 4.69) is 10.1 Å². The van der Waals surface area contributed by atoms with Crippen molar-refractivity contribution in [2.45, 2.75) is 32.0 Å². The Bertz CT molecular complexity index is 562. The second-order valence-corrected chi connectivity index (χ2v) is 7.01. The molecule has 7 heteroatoms. The number of ether oxygens (including phenoxy) is 1. The van der Waals surface area contributed by atoms with Crippen molar-refractivity contribution >= 4 is 9.84 Å². The van der Waals surface area contributed by atoms with Crippen molar-refractivity contribution in [1.29, 1.82) is 0 Å². The summed E-state index contributed by atoms with van der Waals surface area (Å²) >= 11 is 0. The molecule has 0 aromatic heterocycles. The van der Waals surface area contributed by atoms with Crippen molar-refractivity contribution in [3.05, 3.63) is 29.8 Å². The smallest absolute Gasteiger partial charge is 0.387 e. The van der Waals surface area contributed by atoms with Crippen LogP contribution in [0.1, 0.15) is 24.9 Å². The van der Waals surface area contributed by atoms with Gasteiger partial charge in [-0.25, -0.2) is 8.42 Å². The van der Waals surface area contributed by atoms with Crippen LogP contribution in [0.15, 0.2) is 24.3 Å². The summed E-state index contributed by atoms with van der Waals surface area (Å²) in [5, 5.41) is 3.23. The van der Waals surface area contributed by atoms with E-state index in [-0.39, 0.29) is 29.3 Å². The minimum atomic E-state index is -3.13. The Hall–Kier alpha value is -1.21. The minimum absolute atomic E-state index is 0.0262. The SMILES string of the molecule is CCC1CS(=O)(=O)CC(c2cccc(OC(F)F)c2)N1. The molecule has 1 heterocycles. The molecule has 1 aliphatic rings. The van der Waals surface area contributed by atoms with Crippen molar-refractivity contribution < 1.29 is 21.9 Å². The van der Waals surface area contributed by atoms with Gasteiger partial charge in [-0.15, -0.1) is 0 Å². The summed E-state index contributed by atoms with van der Waals surface area (Å²) in [6, 6.07) is 5.67. The van der Waals surface area contributed by atoms with E-state index in [1.165, 1.54) is 12.1 Å². The van der Waals surface area contributed by atoms with E-state index in [1.54, 1.807) is 12.1 Å². The van der Waals surface area contributed by atoms with Gasteiger partial charge in [-0.05, 0) is 24.1 Å². The minimum Gasteiger partial charge on any atom is -0.435 e. The average Bonchev–Trinajstić information content (AvgIpc) is 2.36. The molecular formula is C13H17F2NO3S. The zero-order chi connectivity index (χ0) is 14.8. The lowest BCUT2D eigenvalue weighted by Crippen LogP contribution is -2.46. The van der Waals surface area contributed by atoms with Crippen LogP contribution < -0.4 is 10.1 Å². The van der Waals surface area contributed by atoms with Crippen LogP contribution in [0.25, 0.3) is 0 Å². The molecule has 2 atom stereocenters. The van der Waals surface area contributed by atoms with Crippen LogP contribution in [-0.2, 0) is 9.84 Å². The molecule has 2 rings (SSSR count). The molecule has 2 unspecified atom stereocenters. The fraction of sp³-hybridized carbons (Fsp3) is 0.538. The van der Waals surface area contributed by atoms with Crippen LogP contribution in [-0.4, -0.2) is 32.6 Å². The van der Waals surface area contributed by atoms with Gasteiger partial charge in [0.15, 0.2) is 9.84 Å². The third kappa shape index (κ3) is 3.89. The summed E-state index contributed by atoms with van der Waals surface area (Å²) in [5.74, 6) is 0.129. The first-order chi connectivity index (χ1) is 9.39. The Morgan fingerprint density at radius 3 is 2.80 bits per heavy atom. The number of nitrogens with one attached hydrogen (secondary N) is 1. The zero-order valence-corrected chi connectivity index (χ0v) is 11.9. The Balaban J connectivity index is 2.21. The quantitative estimate of drug-likeness (QED) is 0.926. The van der Waals surface area contributed by atoms with Crippen LogP contribution in [0.5, 0.6) is 5.75 Å². The van der Waals surface area contributed by atoms with Crippen LogP contribution in [0.2, 0.25) is 0 Å². The number of sulfone groups is 1. The van der Waals surface area contributed by atoms with Gasteiger partial charge in [-0.2, -0.15) is 8.78 Å². The van der Waals surface area contributed by atoms with Crippen molar-refractivity contribution in [1.82, 2.24) is 5.32 Å². The largest absolute Gasteiger partial charge is 0.435 e. The highest BCUT2D eigenvalue weighted by atomic mass is 32.2. The van der Waals surface area contributed by atoms with E-state index < -0.39 is 16.4 Å². The van der Waals surface area contributed by atoms with Gasteiger partial charge in [0.2, 0.25) is 0 Å². The van der Waals surface area contributed by atoms with Crippen molar-refractivity contribution in [2.75, 3.05) is 11.5 Å². The summed E-state index contributed by atoms with van der Waals surface area (Å²) in [4.78, 5) is 0. The molecule has 4 nitrogen and oxygen atoms in total. The summed E-state index contributed by atoms with van der Waals surface area (Å²) in [6.45, 7) is -0.983. The monoisotopic (exact) mass is 305 g/mol. The third-order valence-corrected chi connectivity index (χ3v) is 5.04. The van der Waals surface area contributed by atoms with Gasteiger partial charge < -0.3 is 10.1 Å². The molecule has 20 heavy (non-hydrogen) atoms. The van der Waals surface area contributed by atoms with Gasteiger partial charge >= 0.3 is 6.61 Å². The Kier molecular flexibility index (Phi) is 4.59. The topological polar surface area (TPSA) is 55.4 Å². The molecule has 0 bridgehead atoms. The van der Waals surface area contributed by atoms with E-state index in [4.69, 9.17) is 0 Å². The number of halogens is 2. The lowest BCUT2D eigenvalue weighted by atomic mass is 10.1. The van der Waals surface area contributed by atoms with Crippen LogP contribution in [0.3, 0.4) is 0 Å². The number of hydrogen-bond acceptors (Lipinski definition) is 4. The fourth-order valence-corrected chi connectivity index (χ4v) is 4.22. The van der Waals surface area contributed by atoms with Crippen LogP contribution in [0, 0.1) is 0 Å². The first-order valence-corrected chi connectivity index (χ1v) is 8.23. The molecule has 0 aliphatic carbocycles. The normalized spacial score (nSPS) is 25.6. The Labute approximate surface area is 117 Å². The van der Waals surface area contributed by atoms with Crippen molar-refractivity contribution in [3.8, 4) is 5.75 Å². The molecule has 1 aliphatic heterocycles. The lowest BCUT2D eigenvalue weighted by molar-refractivity contribution is -0.0499. The third-order valence-electron chi connectivity index (χ3n) is 3.29. The predicted molar refractivity (Wildman–Crippen MR) is 71.7 cm³/mol. The van der Waals surface area contributed by atoms with Crippen molar-refractivity contribution in [3.63, 3.8) is 0 Å². The van der Waals surface area contributed by atoms with Gasteiger partial charge in [-0.1, -0.05) is 19.1 Å². The number of rotatable bonds is 4. The molecular weight excluding hydrogens is 288 g/mol. The molecule has 0 spiro atoms. The Morgan fingerprint density at radius 1 is 1.40 bits per heavy atom. The van der Waals surface area contributed by atoms with Crippen LogP contribution in [0.4, 0.5) is 8.78 Å². The maximum absolute atomic E-state index is 12.2. The molecule has 1 aromatic rings. The summed E-state index contributed by atoms with van der Waals surface area (Å²) < 4.78 is 52.5. The molecule has 0 amide bonds. The first kappa shape index (κ1) is 15.2. The fourth-order valence-electron chi connectivity index (χ4n) is 2.34. The number of benzene rings is 1. The molecule has 1 aromatic carbocycles. The number of hydrogen-bond donors (Lipinski definition) is 1. The zero-order valence-electron chi connectivity index (χ0n) is 11.1. The molecule has 112 valence electrons. The molecule has 1 fully saturated rings. The highest BCUT2D eigenvalue weighted by molar-refractivity contribution is 7.91. The average molecular weight is 305 g/mol. The molecule has 0 radical (unpaired) electrons. The van der Waals surface area contributed by atoms with E-state index >= 15 is 0 Å². The van der Waals surface area contributed by atoms with Crippen molar-refractivity contribution in [2.24, 2.45) is 0 Å². The predicted octanol–water partition coefficient (Wildman–Crippen LogP) is 2.13. The van der Waals surface area contributed by atoms with E-state index in [1.807, 2.05) is 6.92 Å². The second kappa shape index (κ2) is 6.05. The van der Waals surface area contributed by atoms with Gasteiger partial charge in [0.1, 0.15) is 5.75 Å². The van der Waals surface area contributed by atoms with Gasteiger partial charge in [0.05, 0.1) is 11.5 Å². The van der Waals surface area contributed by atoms with E-state index in [0.29, 0.717) is 12.0 Å². The summed E-state index contributed by atoms with van der Waals surface area (Å²) in [6.07, 6.45) is 0.697. The van der Waals surface area contributed by atoms with Gasteiger partial charge in [0.25, 0.3) is 0 Å². The lowest BCUT2D eigenvalue weighted by Gasteiger charge is -2.30. The molecule has 0 saturated carbocycles. The van der Waals surface area contributed by atoms with Crippen LogP contribution >= 0.6 is 0 Å².